The van der Waals surface area contributed by atoms with Gasteiger partial charge >= 0.3 is 0 Å². The topological polar surface area (TPSA) is 49.7 Å². The van der Waals surface area contributed by atoms with E-state index in [4.69, 9.17) is 9.84 Å². The van der Waals surface area contributed by atoms with Crippen LogP contribution in [0.4, 0.5) is 0 Å². The van der Waals surface area contributed by atoms with Crippen molar-refractivity contribution in [3.63, 3.8) is 0 Å². The SMILES string of the molecule is CC(C)Oc1cc(Br)c(CO)cc1O. The summed E-state index contributed by atoms with van der Waals surface area (Å²) in [5, 5.41) is 18.5. The average Bonchev–Trinajstić information content (AvgIpc) is 2.10. The number of aromatic hydroxyl groups is 1. The molecule has 0 atom stereocenters. The zero-order valence-electron chi connectivity index (χ0n) is 8.12. The Balaban J connectivity index is 3.02. The molecule has 0 spiro atoms. The Morgan fingerprint density at radius 2 is 2.07 bits per heavy atom. The van der Waals surface area contributed by atoms with Crippen LogP contribution in [0.3, 0.4) is 0 Å². The van der Waals surface area contributed by atoms with E-state index in [2.05, 4.69) is 15.9 Å². The molecule has 0 aromatic heterocycles. The summed E-state index contributed by atoms with van der Waals surface area (Å²) in [4.78, 5) is 0. The van der Waals surface area contributed by atoms with E-state index in [1.807, 2.05) is 13.8 Å². The van der Waals surface area contributed by atoms with E-state index in [0.717, 1.165) is 4.47 Å². The summed E-state index contributed by atoms with van der Waals surface area (Å²) in [6, 6.07) is 3.14. The van der Waals surface area contributed by atoms with Gasteiger partial charge in [-0.25, -0.2) is 0 Å². The van der Waals surface area contributed by atoms with Crippen molar-refractivity contribution in [3.8, 4) is 11.5 Å². The maximum absolute atomic E-state index is 9.54. The number of ether oxygens (including phenoxy) is 1. The first-order valence-electron chi connectivity index (χ1n) is 4.33. The van der Waals surface area contributed by atoms with Gasteiger partial charge in [0.1, 0.15) is 0 Å². The Kier molecular flexibility index (Phi) is 3.77. The second kappa shape index (κ2) is 4.66. The molecule has 1 rings (SSSR count). The molecule has 1 aromatic rings. The first kappa shape index (κ1) is 11.3. The highest BCUT2D eigenvalue weighted by molar-refractivity contribution is 9.10. The third kappa shape index (κ3) is 2.62. The van der Waals surface area contributed by atoms with Gasteiger partial charge in [0.05, 0.1) is 12.7 Å². The maximum Gasteiger partial charge on any atom is 0.162 e. The molecule has 0 bridgehead atoms. The Bertz CT molecular complexity index is 323. The Hall–Kier alpha value is -0.740. The maximum atomic E-state index is 9.54. The van der Waals surface area contributed by atoms with E-state index < -0.39 is 0 Å². The average molecular weight is 261 g/mol. The third-order valence-electron chi connectivity index (χ3n) is 1.66. The minimum atomic E-state index is -0.115. The number of phenols is 1. The van der Waals surface area contributed by atoms with Crippen LogP contribution < -0.4 is 4.74 Å². The molecule has 0 amide bonds. The van der Waals surface area contributed by atoms with Crippen molar-refractivity contribution in [2.24, 2.45) is 0 Å². The van der Waals surface area contributed by atoms with Crippen LogP contribution in [-0.2, 0) is 6.61 Å². The van der Waals surface area contributed by atoms with Gasteiger partial charge in [0.2, 0.25) is 0 Å². The van der Waals surface area contributed by atoms with E-state index in [1.54, 1.807) is 6.07 Å². The van der Waals surface area contributed by atoms with Crippen LogP contribution in [0, 0.1) is 0 Å². The monoisotopic (exact) mass is 260 g/mol. The molecule has 0 heterocycles. The summed E-state index contributed by atoms with van der Waals surface area (Å²) in [5.41, 5.74) is 0.638. The predicted octanol–water partition coefficient (Wildman–Crippen LogP) is 2.43. The third-order valence-corrected chi connectivity index (χ3v) is 2.40. The molecule has 0 saturated carbocycles. The first-order chi connectivity index (χ1) is 6.54. The van der Waals surface area contributed by atoms with Gasteiger partial charge in [-0.05, 0) is 31.5 Å². The number of aliphatic hydroxyl groups excluding tert-OH is 1. The van der Waals surface area contributed by atoms with Crippen molar-refractivity contribution in [1.82, 2.24) is 0 Å². The Morgan fingerprint density at radius 3 is 2.57 bits per heavy atom. The van der Waals surface area contributed by atoms with Gasteiger partial charge in [-0.2, -0.15) is 0 Å². The molecular weight excluding hydrogens is 248 g/mol. The zero-order chi connectivity index (χ0) is 10.7. The largest absolute Gasteiger partial charge is 0.504 e. The Morgan fingerprint density at radius 1 is 1.43 bits per heavy atom. The van der Waals surface area contributed by atoms with Gasteiger partial charge in [0.15, 0.2) is 11.5 Å². The summed E-state index contributed by atoms with van der Waals surface area (Å²) in [6.45, 7) is 3.65. The normalized spacial score (nSPS) is 10.6. The van der Waals surface area contributed by atoms with E-state index in [9.17, 15) is 5.11 Å². The Labute approximate surface area is 91.5 Å². The number of hydrogen-bond donors (Lipinski definition) is 2. The quantitative estimate of drug-likeness (QED) is 0.878. The fourth-order valence-electron chi connectivity index (χ4n) is 1.06. The van der Waals surface area contributed by atoms with Crippen molar-refractivity contribution in [1.29, 1.82) is 0 Å². The summed E-state index contributed by atoms with van der Waals surface area (Å²) >= 11 is 3.28. The summed E-state index contributed by atoms with van der Waals surface area (Å²) < 4.78 is 6.09. The molecule has 14 heavy (non-hydrogen) atoms. The van der Waals surface area contributed by atoms with E-state index in [1.165, 1.54) is 6.07 Å². The standard InChI is InChI=1S/C10H13BrO3/c1-6(2)14-10-4-8(11)7(5-12)3-9(10)13/h3-4,6,12-13H,5H2,1-2H3. The number of rotatable bonds is 3. The van der Waals surface area contributed by atoms with Crippen LogP contribution in [0.2, 0.25) is 0 Å². The summed E-state index contributed by atoms with van der Waals surface area (Å²) in [7, 11) is 0. The summed E-state index contributed by atoms with van der Waals surface area (Å²) in [5.74, 6) is 0.468. The van der Waals surface area contributed by atoms with Crippen molar-refractivity contribution in [2.75, 3.05) is 0 Å². The molecule has 0 saturated heterocycles. The van der Waals surface area contributed by atoms with Gasteiger partial charge in [-0.1, -0.05) is 15.9 Å². The van der Waals surface area contributed by atoms with Crippen molar-refractivity contribution < 1.29 is 14.9 Å². The van der Waals surface area contributed by atoms with Crippen molar-refractivity contribution in [2.45, 2.75) is 26.6 Å². The van der Waals surface area contributed by atoms with Gasteiger partial charge in [-0.3, -0.25) is 0 Å². The van der Waals surface area contributed by atoms with Crippen LogP contribution in [0.25, 0.3) is 0 Å². The molecule has 0 radical (unpaired) electrons. The van der Waals surface area contributed by atoms with Crippen LogP contribution in [-0.4, -0.2) is 16.3 Å². The van der Waals surface area contributed by atoms with E-state index >= 15 is 0 Å². The predicted molar refractivity (Wildman–Crippen MR) is 57.5 cm³/mol. The number of benzene rings is 1. The molecule has 3 nitrogen and oxygen atoms in total. The molecule has 0 aliphatic heterocycles. The highest BCUT2D eigenvalue weighted by Crippen LogP contribution is 2.33. The van der Waals surface area contributed by atoms with Gasteiger partial charge in [-0.15, -0.1) is 0 Å². The highest BCUT2D eigenvalue weighted by atomic mass is 79.9. The van der Waals surface area contributed by atoms with Crippen LogP contribution in [0.1, 0.15) is 19.4 Å². The van der Waals surface area contributed by atoms with Gasteiger partial charge in [0, 0.05) is 4.47 Å². The van der Waals surface area contributed by atoms with Crippen molar-refractivity contribution >= 4 is 15.9 Å². The molecule has 0 aliphatic carbocycles. The lowest BCUT2D eigenvalue weighted by molar-refractivity contribution is 0.230. The lowest BCUT2D eigenvalue weighted by atomic mass is 10.2. The minimum Gasteiger partial charge on any atom is -0.504 e. The number of hydrogen-bond acceptors (Lipinski definition) is 3. The molecule has 4 heteroatoms. The molecule has 78 valence electrons. The second-order valence-corrected chi connectivity index (χ2v) is 4.09. The molecule has 0 aliphatic rings. The lowest BCUT2D eigenvalue weighted by Crippen LogP contribution is -2.06. The smallest absolute Gasteiger partial charge is 0.162 e. The number of aliphatic hydroxyl groups is 1. The number of phenolic OH excluding ortho intramolecular Hbond substituents is 1. The van der Waals surface area contributed by atoms with E-state index in [-0.39, 0.29) is 18.5 Å². The van der Waals surface area contributed by atoms with Crippen LogP contribution in [0.15, 0.2) is 16.6 Å². The lowest BCUT2D eigenvalue weighted by Gasteiger charge is -2.12. The van der Waals surface area contributed by atoms with E-state index in [0.29, 0.717) is 11.3 Å². The second-order valence-electron chi connectivity index (χ2n) is 3.24. The summed E-state index contributed by atoms with van der Waals surface area (Å²) in [6.07, 6.45) is 0.00720. The highest BCUT2D eigenvalue weighted by Gasteiger charge is 2.09. The molecule has 0 unspecified atom stereocenters. The van der Waals surface area contributed by atoms with Crippen LogP contribution in [0.5, 0.6) is 11.5 Å². The number of halogens is 1. The van der Waals surface area contributed by atoms with Crippen molar-refractivity contribution in [3.05, 3.63) is 22.2 Å². The van der Waals surface area contributed by atoms with Gasteiger partial charge in [0.25, 0.3) is 0 Å². The molecule has 1 aromatic carbocycles. The van der Waals surface area contributed by atoms with Crippen LogP contribution >= 0.6 is 15.9 Å². The fourth-order valence-corrected chi connectivity index (χ4v) is 1.50. The zero-order valence-corrected chi connectivity index (χ0v) is 9.71. The molecule has 2 N–H and O–H groups in total. The molecular formula is C10H13BrO3. The fraction of sp³-hybridized carbons (Fsp3) is 0.400. The van der Waals surface area contributed by atoms with Gasteiger partial charge < -0.3 is 14.9 Å². The first-order valence-corrected chi connectivity index (χ1v) is 5.12. The minimum absolute atomic E-state index is 0.00720. The molecule has 0 fully saturated rings.